The van der Waals surface area contributed by atoms with E-state index in [0.29, 0.717) is 32.9 Å². The monoisotopic (exact) mass is 425 g/mol. The maximum atomic E-state index is 12.7. The Kier molecular flexibility index (Phi) is 6.84. The number of carbonyl (C=O) groups excluding carboxylic acids is 1. The smallest absolute Gasteiger partial charge is 0.303 e. The number of amides is 1. The zero-order valence-electron chi connectivity index (χ0n) is 13.5. The second-order valence-corrected chi connectivity index (χ2v) is 6.57. The minimum atomic E-state index is -0.863. The van der Waals surface area contributed by atoms with Gasteiger partial charge in [-0.3, -0.25) is 9.59 Å². The summed E-state index contributed by atoms with van der Waals surface area (Å²) in [6.45, 7) is 0.262. The van der Waals surface area contributed by atoms with Crippen molar-refractivity contribution in [1.29, 1.82) is 0 Å². The van der Waals surface area contributed by atoms with Crippen molar-refractivity contribution in [3.05, 3.63) is 57.5 Å². The third-order valence-corrected chi connectivity index (χ3v) is 4.70. The van der Waals surface area contributed by atoms with Gasteiger partial charge < -0.3 is 14.7 Å². The lowest BCUT2D eigenvalue weighted by Gasteiger charge is -2.21. The first-order chi connectivity index (χ1) is 11.9. The van der Waals surface area contributed by atoms with Crippen molar-refractivity contribution >= 4 is 45.1 Å². The van der Waals surface area contributed by atoms with Crippen molar-refractivity contribution in [2.24, 2.45) is 0 Å². The maximum absolute atomic E-state index is 12.7. The summed E-state index contributed by atoms with van der Waals surface area (Å²) in [7, 11) is 1.66. The number of hydrogen-bond donors (Lipinski definition) is 1. The molecule has 0 aliphatic heterocycles. The van der Waals surface area contributed by atoms with Gasteiger partial charge >= 0.3 is 5.97 Å². The Morgan fingerprint density at radius 2 is 1.96 bits per heavy atom. The molecule has 0 unspecified atom stereocenters. The first kappa shape index (κ1) is 19.3. The Labute approximate surface area is 159 Å². The van der Waals surface area contributed by atoms with Crippen LogP contribution in [0.15, 0.2) is 46.9 Å². The van der Waals surface area contributed by atoms with Crippen molar-refractivity contribution in [2.75, 3.05) is 18.6 Å². The van der Waals surface area contributed by atoms with Crippen molar-refractivity contribution in [3.63, 3.8) is 0 Å². The van der Waals surface area contributed by atoms with Crippen LogP contribution in [0.1, 0.15) is 23.2 Å². The molecule has 0 fully saturated rings. The van der Waals surface area contributed by atoms with E-state index in [1.165, 1.54) is 4.90 Å². The molecule has 2 rings (SSSR count). The summed E-state index contributed by atoms with van der Waals surface area (Å²) in [5, 5.41) is 9.20. The lowest BCUT2D eigenvalue weighted by molar-refractivity contribution is -0.137. The molecule has 0 aliphatic carbocycles. The highest BCUT2D eigenvalue weighted by molar-refractivity contribution is 9.10. The summed E-state index contributed by atoms with van der Waals surface area (Å²) in [6.07, 6.45) is 0.432. The highest BCUT2D eigenvalue weighted by Gasteiger charge is 2.18. The van der Waals surface area contributed by atoms with Crippen molar-refractivity contribution in [1.82, 2.24) is 0 Å². The second-order valence-electron chi connectivity index (χ2n) is 5.31. The number of ether oxygens (including phenoxy) is 1. The van der Waals surface area contributed by atoms with Crippen LogP contribution in [0.2, 0.25) is 5.02 Å². The molecule has 7 heteroatoms. The summed E-state index contributed by atoms with van der Waals surface area (Å²) < 4.78 is 6.29. The van der Waals surface area contributed by atoms with E-state index in [1.807, 2.05) is 0 Å². The second kappa shape index (κ2) is 8.87. The zero-order chi connectivity index (χ0) is 18.4. The Balaban J connectivity index is 2.15. The van der Waals surface area contributed by atoms with Gasteiger partial charge in [0.1, 0.15) is 5.75 Å². The van der Waals surface area contributed by atoms with Crippen LogP contribution in [-0.2, 0) is 4.79 Å². The number of carbonyl (C=O) groups is 2. The molecule has 0 atom stereocenters. The number of nitrogens with zero attached hydrogens (tertiary/aromatic N) is 1. The fourth-order valence-electron chi connectivity index (χ4n) is 2.19. The molecule has 0 saturated carbocycles. The van der Waals surface area contributed by atoms with Gasteiger partial charge in [-0.05, 0) is 52.7 Å². The van der Waals surface area contributed by atoms with E-state index in [0.717, 1.165) is 0 Å². The number of carboxylic acid groups (broad SMARTS) is 1. The Hall–Kier alpha value is -2.05. The molecular formula is C18H17BrClNO4. The van der Waals surface area contributed by atoms with E-state index in [-0.39, 0.29) is 18.9 Å². The summed E-state index contributed by atoms with van der Waals surface area (Å²) in [5.74, 6) is -0.548. The van der Waals surface area contributed by atoms with Crippen molar-refractivity contribution in [3.8, 4) is 5.75 Å². The zero-order valence-corrected chi connectivity index (χ0v) is 15.9. The standard InChI is InChI=1S/C18H17BrClNO4/c1-21(18(24)12-8-9-14(20)13(19)11-12)15-5-2-3-6-16(15)25-10-4-7-17(22)23/h2-3,5-6,8-9,11H,4,7,10H2,1H3,(H,22,23). The van der Waals surface area contributed by atoms with E-state index in [2.05, 4.69) is 15.9 Å². The number of anilines is 1. The highest BCUT2D eigenvalue weighted by atomic mass is 79.9. The van der Waals surface area contributed by atoms with Crippen molar-refractivity contribution < 1.29 is 19.4 Å². The van der Waals surface area contributed by atoms with Crippen LogP contribution in [0.3, 0.4) is 0 Å². The Bertz CT molecular complexity index is 781. The minimum absolute atomic E-state index is 0.0374. The molecule has 1 amide bonds. The number of rotatable bonds is 7. The normalized spacial score (nSPS) is 10.4. The predicted molar refractivity (Wildman–Crippen MR) is 101 cm³/mol. The van der Waals surface area contributed by atoms with Gasteiger partial charge in [0.2, 0.25) is 0 Å². The number of carboxylic acids is 1. The molecule has 0 aromatic heterocycles. The van der Waals surface area contributed by atoms with Gasteiger partial charge in [-0.25, -0.2) is 0 Å². The van der Waals surface area contributed by atoms with Gasteiger partial charge in [0.25, 0.3) is 5.91 Å². The predicted octanol–water partition coefficient (Wildman–Crippen LogP) is 4.62. The van der Waals surface area contributed by atoms with Gasteiger partial charge in [-0.1, -0.05) is 23.7 Å². The average Bonchev–Trinajstić information content (AvgIpc) is 2.60. The van der Waals surface area contributed by atoms with Crippen LogP contribution < -0.4 is 9.64 Å². The summed E-state index contributed by atoms with van der Waals surface area (Å²) in [6, 6.07) is 12.1. The molecule has 25 heavy (non-hydrogen) atoms. The van der Waals surface area contributed by atoms with Crippen molar-refractivity contribution in [2.45, 2.75) is 12.8 Å². The van der Waals surface area contributed by atoms with Gasteiger partial charge in [0.15, 0.2) is 0 Å². The van der Waals surface area contributed by atoms with E-state index in [4.69, 9.17) is 21.4 Å². The number of hydrogen-bond acceptors (Lipinski definition) is 3. The lowest BCUT2D eigenvalue weighted by atomic mass is 10.2. The maximum Gasteiger partial charge on any atom is 0.303 e. The van der Waals surface area contributed by atoms with Crippen LogP contribution in [-0.4, -0.2) is 30.6 Å². The van der Waals surface area contributed by atoms with Crippen LogP contribution >= 0.6 is 27.5 Å². The van der Waals surface area contributed by atoms with E-state index in [9.17, 15) is 9.59 Å². The minimum Gasteiger partial charge on any atom is -0.491 e. The van der Waals surface area contributed by atoms with Crippen LogP contribution in [0, 0.1) is 0 Å². The summed E-state index contributed by atoms with van der Waals surface area (Å²) in [4.78, 5) is 24.8. The average molecular weight is 427 g/mol. The fourth-order valence-corrected chi connectivity index (χ4v) is 2.69. The van der Waals surface area contributed by atoms with Crippen LogP contribution in [0.5, 0.6) is 5.75 Å². The SMILES string of the molecule is CN(C(=O)c1ccc(Cl)c(Br)c1)c1ccccc1OCCCC(=O)O. The van der Waals surface area contributed by atoms with Gasteiger partial charge in [-0.15, -0.1) is 0 Å². The molecule has 0 spiro atoms. The van der Waals surface area contributed by atoms with Crippen LogP contribution in [0.4, 0.5) is 5.69 Å². The van der Waals surface area contributed by atoms with E-state index < -0.39 is 5.97 Å². The first-order valence-corrected chi connectivity index (χ1v) is 8.74. The summed E-state index contributed by atoms with van der Waals surface area (Å²) >= 11 is 9.28. The molecule has 132 valence electrons. The molecule has 5 nitrogen and oxygen atoms in total. The van der Waals surface area contributed by atoms with E-state index in [1.54, 1.807) is 49.5 Å². The quantitative estimate of drug-likeness (QED) is 0.656. The van der Waals surface area contributed by atoms with E-state index >= 15 is 0 Å². The molecule has 0 saturated heterocycles. The van der Waals surface area contributed by atoms with Gasteiger partial charge in [-0.2, -0.15) is 0 Å². The van der Waals surface area contributed by atoms with Gasteiger partial charge in [0.05, 0.1) is 17.3 Å². The fraction of sp³-hybridized carbons (Fsp3) is 0.222. The lowest BCUT2D eigenvalue weighted by Crippen LogP contribution is -2.26. The molecule has 2 aromatic carbocycles. The molecule has 2 aromatic rings. The molecule has 0 aliphatic rings. The molecule has 1 N–H and O–H groups in total. The molecule has 0 heterocycles. The third kappa shape index (κ3) is 5.21. The topological polar surface area (TPSA) is 66.8 Å². The molecular weight excluding hydrogens is 410 g/mol. The number of benzene rings is 2. The Morgan fingerprint density at radius 3 is 2.64 bits per heavy atom. The highest BCUT2D eigenvalue weighted by Crippen LogP contribution is 2.30. The van der Waals surface area contributed by atoms with Gasteiger partial charge in [0, 0.05) is 23.5 Å². The Morgan fingerprint density at radius 1 is 1.24 bits per heavy atom. The van der Waals surface area contributed by atoms with Crippen LogP contribution in [0.25, 0.3) is 0 Å². The summed E-state index contributed by atoms with van der Waals surface area (Å²) in [5.41, 5.74) is 1.09. The molecule has 0 bridgehead atoms. The first-order valence-electron chi connectivity index (χ1n) is 7.57. The largest absolute Gasteiger partial charge is 0.491 e. The third-order valence-electron chi connectivity index (χ3n) is 3.49. The number of halogens is 2. The number of aliphatic carboxylic acids is 1. The molecule has 0 radical (unpaired) electrons. The number of para-hydroxylation sites is 2.